The van der Waals surface area contributed by atoms with E-state index in [1.54, 1.807) is 19.2 Å². The molecule has 8 heteroatoms. The third-order valence-electron chi connectivity index (χ3n) is 4.63. The average molecular weight is 421 g/mol. The topological polar surface area (TPSA) is 84.9 Å². The Balaban J connectivity index is 2.11. The van der Waals surface area contributed by atoms with Gasteiger partial charge in [-0.25, -0.2) is 12.7 Å². The number of nitrogens with zero attached hydrogens (tertiary/aromatic N) is 1. The van der Waals surface area contributed by atoms with Crippen LogP contribution in [0.1, 0.15) is 30.5 Å². The fourth-order valence-corrected chi connectivity index (χ4v) is 3.94. The third-order valence-corrected chi connectivity index (χ3v) is 6.45. The largest absolute Gasteiger partial charge is 0.496 e. The van der Waals surface area contributed by atoms with Crippen LogP contribution < -0.4 is 14.8 Å². The highest BCUT2D eigenvalue weighted by Crippen LogP contribution is 2.26. The van der Waals surface area contributed by atoms with Gasteiger partial charge in [0.25, 0.3) is 0 Å². The van der Waals surface area contributed by atoms with E-state index in [1.165, 1.54) is 27.3 Å². The Morgan fingerprint density at radius 3 is 2.34 bits per heavy atom. The number of amides is 1. The van der Waals surface area contributed by atoms with E-state index in [0.717, 1.165) is 9.87 Å². The number of benzene rings is 2. The van der Waals surface area contributed by atoms with E-state index in [1.807, 2.05) is 31.2 Å². The molecule has 0 aliphatic rings. The van der Waals surface area contributed by atoms with Crippen LogP contribution in [0, 0.1) is 0 Å². The molecule has 0 spiro atoms. The predicted molar refractivity (Wildman–Crippen MR) is 112 cm³/mol. The van der Waals surface area contributed by atoms with Gasteiger partial charge in [0.1, 0.15) is 11.5 Å². The average Bonchev–Trinajstić information content (AvgIpc) is 2.71. The Labute approximate surface area is 172 Å². The molecule has 7 nitrogen and oxygen atoms in total. The number of ether oxygens (including phenoxy) is 2. The predicted octanol–water partition coefficient (Wildman–Crippen LogP) is 2.76. The van der Waals surface area contributed by atoms with Gasteiger partial charge in [-0.15, -0.1) is 0 Å². The van der Waals surface area contributed by atoms with Gasteiger partial charge >= 0.3 is 0 Å². The van der Waals surface area contributed by atoms with Gasteiger partial charge in [-0.3, -0.25) is 4.79 Å². The van der Waals surface area contributed by atoms with Crippen LogP contribution in [-0.4, -0.2) is 46.9 Å². The van der Waals surface area contributed by atoms with E-state index in [-0.39, 0.29) is 23.3 Å². The summed E-state index contributed by atoms with van der Waals surface area (Å²) in [7, 11) is 2.50. The van der Waals surface area contributed by atoms with Crippen molar-refractivity contribution in [1.82, 2.24) is 9.62 Å². The summed E-state index contributed by atoms with van der Waals surface area (Å²) in [6, 6.07) is 12.0. The van der Waals surface area contributed by atoms with E-state index >= 15 is 0 Å². The van der Waals surface area contributed by atoms with E-state index in [9.17, 15) is 13.2 Å². The van der Waals surface area contributed by atoms with Crippen LogP contribution in [0.25, 0.3) is 0 Å². The number of nitrogens with one attached hydrogen (secondary N) is 1. The van der Waals surface area contributed by atoms with Crippen molar-refractivity contribution in [3.63, 3.8) is 0 Å². The number of carbonyl (C=O) groups is 1. The first kappa shape index (κ1) is 22.7. The lowest BCUT2D eigenvalue weighted by Gasteiger charge is -2.18. The van der Waals surface area contributed by atoms with Crippen LogP contribution in [0.2, 0.25) is 0 Å². The fraction of sp³-hybridized carbons (Fsp3) is 0.381. The summed E-state index contributed by atoms with van der Waals surface area (Å²) in [6.07, 6.45) is 0.547. The molecule has 0 radical (unpaired) electrons. The standard InChI is InChI=1S/C21H28N2O5S/c1-15(18-8-6-7-9-20(18)28-5)22-21(24)13-10-16-14-17(11-12-19(16)27-4)29(25,26)23(2)3/h6-9,11-12,14-15H,10,13H2,1-5H3,(H,22,24). The van der Waals surface area contributed by atoms with Crippen molar-refractivity contribution in [2.24, 2.45) is 0 Å². The molecule has 1 N–H and O–H groups in total. The van der Waals surface area contributed by atoms with Crippen molar-refractivity contribution in [3.8, 4) is 11.5 Å². The van der Waals surface area contributed by atoms with Crippen LogP contribution >= 0.6 is 0 Å². The van der Waals surface area contributed by atoms with Crippen molar-refractivity contribution in [3.05, 3.63) is 53.6 Å². The molecule has 0 aliphatic heterocycles. The Kier molecular flexibility index (Phi) is 7.64. The molecule has 2 aromatic carbocycles. The number of sulfonamides is 1. The zero-order valence-corrected chi connectivity index (χ0v) is 18.2. The smallest absolute Gasteiger partial charge is 0.242 e. The monoisotopic (exact) mass is 420 g/mol. The SMILES string of the molecule is COc1ccc(S(=O)(=O)N(C)C)cc1CCC(=O)NC(C)c1ccccc1OC. The molecule has 29 heavy (non-hydrogen) atoms. The Morgan fingerprint density at radius 2 is 1.72 bits per heavy atom. The van der Waals surface area contributed by atoms with Crippen LogP contribution in [-0.2, 0) is 21.2 Å². The molecule has 0 saturated heterocycles. The molecule has 2 aromatic rings. The molecule has 2 rings (SSSR count). The van der Waals surface area contributed by atoms with Crippen molar-refractivity contribution in [2.75, 3.05) is 28.3 Å². The number of aryl methyl sites for hydroxylation is 1. The first-order chi connectivity index (χ1) is 13.7. The maximum absolute atomic E-state index is 12.5. The van der Waals surface area contributed by atoms with Crippen molar-refractivity contribution >= 4 is 15.9 Å². The number of hydrogen-bond acceptors (Lipinski definition) is 5. The summed E-state index contributed by atoms with van der Waals surface area (Å²) in [6.45, 7) is 1.89. The molecule has 1 unspecified atom stereocenters. The number of para-hydroxylation sites is 1. The second kappa shape index (κ2) is 9.76. The van der Waals surface area contributed by atoms with Crippen LogP contribution in [0.15, 0.2) is 47.4 Å². The van der Waals surface area contributed by atoms with Gasteiger partial charge in [0.2, 0.25) is 15.9 Å². The first-order valence-corrected chi connectivity index (χ1v) is 10.7. The summed E-state index contributed by atoms with van der Waals surface area (Å²) >= 11 is 0. The maximum Gasteiger partial charge on any atom is 0.242 e. The second-order valence-corrected chi connectivity index (χ2v) is 8.94. The molecule has 0 heterocycles. The summed E-state index contributed by atoms with van der Waals surface area (Å²) in [4.78, 5) is 12.6. The van der Waals surface area contributed by atoms with Crippen molar-refractivity contribution < 1.29 is 22.7 Å². The summed E-state index contributed by atoms with van der Waals surface area (Å²) in [5.74, 6) is 1.11. The molecular weight excluding hydrogens is 392 g/mol. The van der Waals surface area contributed by atoms with Gasteiger partial charge < -0.3 is 14.8 Å². The molecule has 0 saturated carbocycles. The number of hydrogen-bond donors (Lipinski definition) is 1. The Hall–Kier alpha value is -2.58. The summed E-state index contributed by atoms with van der Waals surface area (Å²) < 4.78 is 36.6. The molecule has 0 aliphatic carbocycles. The highest BCUT2D eigenvalue weighted by molar-refractivity contribution is 7.89. The summed E-state index contributed by atoms with van der Waals surface area (Å²) in [5, 5.41) is 2.96. The van der Waals surface area contributed by atoms with Crippen molar-refractivity contribution in [2.45, 2.75) is 30.7 Å². The minimum atomic E-state index is -3.56. The summed E-state index contributed by atoms with van der Waals surface area (Å²) in [5.41, 5.74) is 1.55. The van der Waals surface area contributed by atoms with E-state index < -0.39 is 10.0 Å². The van der Waals surface area contributed by atoms with E-state index in [0.29, 0.717) is 23.5 Å². The normalized spacial score (nSPS) is 12.5. The molecule has 0 bridgehead atoms. The van der Waals surface area contributed by atoms with E-state index in [2.05, 4.69) is 5.32 Å². The molecule has 0 aromatic heterocycles. The van der Waals surface area contributed by atoms with Crippen LogP contribution in [0.3, 0.4) is 0 Å². The third kappa shape index (κ3) is 5.48. The first-order valence-electron chi connectivity index (χ1n) is 9.22. The highest BCUT2D eigenvalue weighted by Gasteiger charge is 2.20. The maximum atomic E-state index is 12.5. The highest BCUT2D eigenvalue weighted by atomic mass is 32.2. The van der Waals surface area contributed by atoms with Gasteiger partial charge in [-0.2, -0.15) is 0 Å². The number of rotatable bonds is 9. The molecule has 1 atom stereocenters. The van der Waals surface area contributed by atoms with Crippen LogP contribution in [0.5, 0.6) is 11.5 Å². The quantitative estimate of drug-likeness (QED) is 0.674. The van der Waals surface area contributed by atoms with Gasteiger partial charge in [0.15, 0.2) is 0 Å². The number of methoxy groups -OCH3 is 2. The van der Waals surface area contributed by atoms with Gasteiger partial charge in [0, 0.05) is 26.1 Å². The molecular formula is C21H28N2O5S. The minimum Gasteiger partial charge on any atom is -0.496 e. The minimum absolute atomic E-state index is 0.147. The number of carbonyl (C=O) groups excluding carboxylic acids is 1. The zero-order valence-electron chi connectivity index (χ0n) is 17.4. The lowest BCUT2D eigenvalue weighted by Crippen LogP contribution is -2.27. The van der Waals surface area contributed by atoms with Gasteiger partial charge in [0.05, 0.1) is 25.2 Å². The fourth-order valence-electron chi connectivity index (χ4n) is 2.99. The Bertz CT molecular complexity index is 957. The zero-order chi connectivity index (χ0) is 21.6. The van der Waals surface area contributed by atoms with Crippen molar-refractivity contribution in [1.29, 1.82) is 0 Å². The van der Waals surface area contributed by atoms with Gasteiger partial charge in [-0.1, -0.05) is 18.2 Å². The second-order valence-electron chi connectivity index (χ2n) is 6.79. The van der Waals surface area contributed by atoms with Gasteiger partial charge in [-0.05, 0) is 43.2 Å². The molecule has 1 amide bonds. The molecule has 158 valence electrons. The Morgan fingerprint density at radius 1 is 1.07 bits per heavy atom. The van der Waals surface area contributed by atoms with Crippen LogP contribution in [0.4, 0.5) is 0 Å². The lowest BCUT2D eigenvalue weighted by atomic mass is 10.1. The van der Waals surface area contributed by atoms with E-state index in [4.69, 9.17) is 9.47 Å². The lowest BCUT2D eigenvalue weighted by molar-refractivity contribution is -0.121. The molecule has 0 fully saturated rings.